The van der Waals surface area contributed by atoms with Gasteiger partial charge >= 0.3 is 12.1 Å². The molecule has 0 aliphatic heterocycles. The smallest absolute Gasteiger partial charge is 0.421 e. The Kier molecular flexibility index (Phi) is 9.49. The summed E-state index contributed by atoms with van der Waals surface area (Å²) in [6.45, 7) is -2.20. The Morgan fingerprint density at radius 2 is 0.867 bits per heavy atom. The predicted molar refractivity (Wildman–Crippen MR) is 104 cm³/mol. The molecule has 0 fully saturated rings. The van der Waals surface area contributed by atoms with Gasteiger partial charge in [-0.15, -0.1) is 0 Å². The average molecular weight is 492 g/mol. The van der Waals surface area contributed by atoms with Crippen LogP contribution in [-0.2, 0) is 19.5 Å². The van der Waals surface area contributed by atoms with E-state index < -0.39 is 27.0 Å². The summed E-state index contributed by atoms with van der Waals surface area (Å²) in [5, 5.41) is 10.5. The molecular formula is C21H19F5O2SiZn. The van der Waals surface area contributed by atoms with Crippen molar-refractivity contribution in [2.75, 3.05) is 6.61 Å². The topological polar surface area (TPSA) is 40.5 Å². The van der Waals surface area contributed by atoms with Crippen LogP contribution in [0.1, 0.15) is 0 Å². The first kappa shape index (κ1) is 26.1. The van der Waals surface area contributed by atoms with Gasteiger partial charge in [0.1, 0.15) is 6.61 Å². The fourth-order valence-corrected chi connectivity index (χ4v) is 5.65. The van der Waals surface area contributed by atoms with Gasteiger partial charge in [0.25, 0.3) is 8.32 Å². The molecule has 0 saturated heterocycles. The summed E-state index contributed by atoms with van der Waals surface area (Å²) in [6.07, 6.45) is -5.64. The molecule has 2 N–H and O–H groups in total. The van der Waals surface area contributed by atoms with Gasteiger partial charge in [-0.1, -0.05) is 91.0 Å². The molecule has 3 aromatic carbocycles. The van der Waals surface area contributed by atoms with Crippen molar-refractivity contribution in [1.29, 1.82) is 0 Å². The van der Waals surface area contributed by atoms with E-state index in [0.29, 0.717) is 0 Å². The van der Waals surface area contributed by atoms with E-state index in [9.17, 15) is 26.7 Å². The predicted octanol–water partition coefficient (Wildman–Crippen LogP) is 2.82. The Labute approximate surface area is 184 Å². The van der Waals surface area contributed by atoms with Gasteiger partial charge in [0.2, 0.25) is 0 Å². The Morgan fingerprint density at radius 3 is 1.03 bits per heavy atom. The monoisotopic (exact) mass is 490 g/mol. The van der Waals surface area contributed by atoms with Gasteiger partial charge in [0.15, 0.2) is 0 Å². The van der Waals surface area contributed by atoms with Crippen LogP contribution in [0.2, 0.25) is 0 Å². The van der Waals surface area contributed by atoms with Crippen molar-refractivity contribution >= 4 is 23.9 Å². The first-order valence-corrected chi connectivity index (χ1v) is 10.5. The van der Waals surface area contributed by atoms with Gasteiger partial charge < -0.3 is 9.90 Å². The van der Waals surface area contributed by atoms with Crippen LogP contribution in [0.25, 0.3) is 0 Å². The zero-order valence-corrected chi connectivity index (χ0v) is 19.8. The first-order valence-electron chi connectivity index (χ1n) is 8.57. The van der Waals surface area contributed by atoms with Crippen molar-refractivity contribution in [3.05, 3.63) is 91.0 Å². The minimum atomic E-state index is -5.64. The van der Waals surface area contributed by atoms with Crippen LogP contribution in [-0.4, -0.2) is 36.9 Å². The molecule has 9 heteroatoms. The average Bonchev–Trinajstić information content (AvgIpc) is 2.74. The summed E-state index contributed by atoms with van der Waals surface area (Å²) in [7, 11) is -2.88. The van der Waals surface area contributed by atoms with E-state index in [1.165, 1.54) is 0 Å². The molecular weight excluding hydrogens is 473 g/mol. The molecule has 30 heavy (non-hydrogen) atoms. The molecule has 0 aromatic heterocycles. The van der Waals surface area contributed by atoms with Crippen molar-refractivity contribution in [3.8, 4) is 0 Å². The first-order chi connectivity index (χ1) is 13.6. The summed E-state index contributed by atoms with van der Waals surface area (Å²) in [5.41, 5.74) is 0. The summed E-state index contributed by atoms with van der Waals surface area (Å²) in [4.78, 5) is 11.6. The maximum atomic E-state index is 11.6. The third-order valence-electron chi connectivity index (χ3n) is 4.19. The third kappa shape index (κ3) is 6.04. The molecule has 0 saturated carbocycles. The Bertz CT molecular complexity index is 781. The van der Waals surface area contributed by atoms with Crippen molar-refractivity contribution in [3.63, 3.8) is 0 Å². The maximum Gasteiger partial charge on any atom is 0.455 e. The minimum absolute atomic E-state index is 0. The van der Waals surface area contributed by atoms with E-state index in [1.54, 1.807) is 0 Å². The van der Waals surface area contributed by atoms with E-state index in [0.717, 1.165) is 15.6 Å². The molecule has 3 aromatic rings. The van der Waals surface area contributed by atoms with Crippen molar-refractivity contribution in [2.45, 2.75) is 12.1 Å². The molecule has 0 aliphatic rings. The Balaban J connectivity index is 0.000000387. The van der Waals surface area contributed by atoms with E-state index in [2.05, 4.69) is 0 Å². The molecule has 0 unspecified atom stereocenters. The van der Waals surface area contributed by atoms with Gasteiger partial charge in [0.05, 0.1) is 0 Å². The standard InChI is InChI=1S/C18H16OSi.C3H3F5O.Zn/c19-20(16-10-4-1-5-11-16,17-12-6-2-7-13-17)18-14-8-3-9-15-18;4-2(5,1-9)3(6,7)8;/h1-15,19H;9H,1H2;. The second-order valence-corrected chi connectivity index (χ2v) is 9.32. The molecule has 3 rings (SSSR count). The second-order valence-electron chi connectivity index (χ2n) is 6.17. The zero-order chi connectivity index (χ0) is 21.5. The van der Waals surface area contributed by atoms with E-state index in [4.69, 9.17) is 5.11 Å². The zero-order valence-electron chi connectivity index (χ0n) is 15.9. The van der Waals surface area contributed by atoms with Gasteiger partial charge in [-0.3, -0.25) is 0 Å². The van der Waals surface area contributed by atoms with Crippen molar-refractivity contribution < 1.29 is 51.3 Å². The summed E-state index contributed by atoms with van der Waals surface area (Å²) in [5.74, 6) is -4.97. The molecule has 0 amide bonds. The maximum absolute atomic E-state index is 11.6. The number of halogens is 5. The van der Waals surface area contributed by atoms with Crippen molar-refractivity contribution in [2.24, 2.45) is 0 Å². The molecule has 0 bridgehead atoms. The molecule has 156 valence electrons. The molecule has 0 atom stereocenters. The quantitative estimate of drug-likeness (QED) is 0.335. The largest absolute Gasteiger partial charge is 0.455 e. The van der Waals surface area contributed by atoms with Gasteiger partial charge in [-0.25, -0.2) is 0 Å². The van der Waals surface area contributed by atoms with Crippen LogP contribution < -0.4 is 15.6 Å². The number of rotatable bonds is 4. The SMILES string of the molecule is OCC(F)(F)C(F)(F)F.O[Si](c1ccccc1)(c1ccccc1)c1ccccc1.[Zn]. The summed E-state index contributed by atoms with van der Waals surface area (Å²) >= 11 is 0. The van der Waals surface area contributed by atoms with E-state index in [-0.39, 0.29) is 19.5 Å². The number of aliphatic hydroxyl groups is 1. The van der Waals surface area contributed by atoms with E-state index in [1.807, 2.05) is 91.0 Å². The van der Waals surface area contributed by atoms with Crippen molar-refractivity contribution in [1.82, 2.24) is 0 Å². The van der Waals surface area contributed by atoms with Crippen LogP contribution in [0, 0.1) is 0 Å². The molecule has 0 heterocycles. The third-order valence-corrected chi connectivity index (χ3v) is 7.69. The number of benzene rings is 3. The van der Waals surface area contributed by atoms with Crippen LogP contribution in [0.5, 0.6) is 0 Å². The molecule has 0 aliphatic carbocycles. The Hall–Kier alpha value is -1.93. The Morgan fingerprint density at radius 1 is 0.600 bits per heavy atom. The number of hydrogen-bond donors (Lipinski definition) is 2. The fourth-order valence-electron chi connectivity index (χ4n) is 2.63. The van der Waals surface area contributed by atoms with Gasteiger partial charge in [-0.05, 0) is 15.6 Å². The van der Waals surface area contributed by atoms with Crippen LogP contribution >= 0.6 is 0 Å². The number of alkyl halides is 5. The van der Waals surface area contributed by atoms with Crippen LogP contribution in [0.3, 0.4) is 0 Å². The minimum Gasteiger partial charge on any atom is -0.421 e. The molecule has 0 radical (unpaired) electrons. The van der Waals surface area contributed by atoms with Crippen LogP contribution in [0.4, 0.5) is 22.0 Å². The second kappa shape index (κ2) is 10.9. The molecule has 0 spiro atoms. The van der Waals surface area contributed by atoms with E-state index >= 15 is 0 Å². The fraction of sp³-hybridized carbons (Fsp3) is 0.143. The summed E-state index contributed by atoms with van der Waals surface area (Å²) < 4.78 is 55.3. The molecule has 2 nitrogen and oxygen atoms in total. The van der Waals surface area contributed by atoms with Gasteiger partial charge in [0, 0.05) is 19.5 Å². The van der Waals surface area contributed by atoms with Crippen LogP contribution in [0.15, 0.2) is 91.0 Å². The number of hydrogen-bond acceptors (Lipinski definition) is 2. The van der Waals surface area contributed by atoms with Gasteiger partial charge in [-0.2, -0.15) is 22.0 Å². The normalized spacial score (nSPS) is 11.7. The summed E-state index contributed by atoms with van der Waals surface area (Å²) in [6, 6.07) is 30.0. The number of aliphatic hydroxyl groups excluding tert-OH is 1.